The number of amides is 1. The zero-order chi connectivity index (χ0) is 31.6. The van der Waals surface area contributed by atoms with E-state index in [2.05, 4.69) is 36.1 Å². The maximum atomic E-state index is 13.4. The van der Waals surface area contributed by atoms with Gasteiger partial charge in [0.05, 0.1) is 29.1 Å². The molecule has 4 rings (SSSR count). The molecule has 232 valence electrons. The number of ether oxygens (including phenoxy) is 1. The Kier molecular flexibility index (Phi) is 10.0. The van der Waals surface area contributed by atoms with Crippen molar-refractivity contribution in [2.45, 2.75) is 68.9 Å². The van der Waals surface area contributed by atoms with Crippen molar-refractivity contribution < 1.29 is 31.1 Å². The molecule has 0 spiro atoms. The first-order valence-electron chi connectivity index (χ1n) is 13.5. The van der Waals surface area contributed by atoms with Gasteiger partial charge in [-0.2, -0.15) is 13.2 Å². The number of sulfonamides is 1. The van der Waals surface area contributed by atoms with Crippen LogP contribution in [0.4, 0.5) is 13.2 Å². The smallest absolute Gasteiger partial charge is 0.416 e. The Bertz CT molecular complexity index is 1570. The SMILES string of the molecule is CC(C)(C)NCc1ccc2c(c1)OCC[C@H]2NC(=O)CC(NS(=O)(=O)c1cccc(C(F)(F)F)c1)c1cc(Cl)cc(Cl)c1. The lowest BCUT2D eigenvalue weighted by Crippen LogP contribution is -2.37. The Balaban J connectivity index is 1.56. The third-order valence-corrected chi connectivity index (χ3v) is 8.63. The van der Waals surface area contributed by atoms with Crippen LogP contribution in [0.5, 0.6) is 5.75 Å². The van der Waals surface area contributed by atoms with E-state index in [0.717, 1.165) is 29.3 Å². The number of hydrogen-bond donors (Lipinski definition) is 3. The van der Waals surface area contributed by atoms with Gasteiger partial charge in [0.2, 0.25) is 15.9 Å². The Morgan fingerprint density at radius 3 is 2.37 bits per heavy atom. The zero-order valence-electron chi connectivity index (χ0n) is 23.7. The van der Waals surface area contributed by atoms with E-state index >= 15 is 0 Å². The number of benzene rings is 3. The van der Waals surface area contributed by atoms with E-state index in [9.17, 15) is 26.4 Å². The summed E-state index contributed by atoms with van der Waals surface area (Å²) < 4.78 is 74.5. The van der Waals surface area contributed by atoms with Gasteiger partial charge in [0, 0.05) is 40.5 Å². The number of hydrogen-bond acceptors (Lipinski definition) is 5. The number of carbonyl (C=O) groups is 1. The van der Waals surface area contributed by atoms with Crippen LogP contribution in [-0.4, -0.2) is 26.5 Å². The number of rotatable bonds is 9. The second kappa shape index (κ2) is 13.0. The van der Waals surface area contributed by atoms with Gasteiger partial charge in [-0.1, -0.05) is 41.4 Å². The first-order chi connectivity index (χ1) is 20.0. The van der Waals surface area contributed by atoms with Gasteiger partial charge in [-0.25, -0.2) is 13.1 Å². The van der Waals surface area contributed by atoms with Crippen molar-refractivity contribution in [3.63, 3.8) is 0 Å². The van der Waals surface area contributed by atoms with Gasteiger partial charge in [0.25, 0.3) is 0 Å². The van der Waals surface area contributed by atoms with Crippen molar-refractivity contribution in [1.82, 2.24) is 15.4 Å². The van der Waals surface area contributed by atoms with E-state index in [1.165, 1.54) is 18.2 Å². The molecule has 3 aromatic rings. The highest BCUT2D eigenvalue weighted by Crippen LogP contribution is 2.34. The summed E-state index contributed by atoms with van der Waals surface area (Å²) in [6.07, 6.45) is -4.63. The van der Waals surface area contributed by atoms with Crippen molar-refractivity contribution in [1.29, 1.82) is 0 Å². The molecular formula is C30H32Cl2F3N3O4S. The predicted molar refractivity (Wildman–Crippen MR) is 160 cm³/mol. The molecule has 0 saturated heterocycles. The third-order valence-electron chi connectivity index (χ3n) is 6.72. The molecule has 13 heteroatoms. The fraction of sp³-hybridized carbons (Fsp3) is 0.367. The Labute approximate surface area is 259 Å². The zero-order valence-corrected chi connectivity index (χ0v) is 26.0. The highest BCUT2D eigenvalue weighted by atomic mass is 35.5. The summed E-state index contributed by atoms with van der Waals surface area (Å²) in [7, 11) is -4.51. The normalized spacial score (nSPS) is 16.2. The van der Waals surface area contributed by atoms with Gasteiger partial charge >= 0.3 is 6.18 Å². The van der Waals surface area contributed by atoms with Crippen molar-refractivity contribution in [2.24, 2.45) is 0 Å². The number of carbonyl (C=O) groups excluding carboxylic acids is 1. The molecule has 0 saturated carbocycles. The summed E-state index contributed by atoms with van der Waals surface area (Å²) in [6, 6.07) is 11.9. The minimum atomic E-state index is -4.74. The third kappa shape index (κ3) is 9.09. The van der Waals surface area contributed by atoms with Crippen molar-refractivity contribution in [3.8, 4) is 5.75 Å². The molecule has 3 N–H and O–H groups in total. The van der Waals surface area contributed by atoms with Gasteiger partial charge in [0.15, 0.2) is 0 Å². The molecule has 2 atom stereocenters. The molecule has 3 aromatic carbocycles. The minimum absolute atomic E-state index is 0.0698. The minimum Gasteiger partial charge on any atom is -0.493 e. The van der Waals surface area contributed by atoms with E-state index in [-0.39, 0.29) is 27.6 Å². The van der Waals surface area contributed by atoms with Crippen LogP contribution in [0.3, 0.4) is 0 Å². The average molecular weight is 659 g/mol. The molecule has 1 heterocycles. The monoisotopic (exact) mass is 657 g/mol. The Morgan fingerprint density at radius 2 is 1.72 bits per heavy atom. The molecule has 7 nitrogen and oxygen atoms in total. The van der Waals surface area contributed by atoms with Crippen LogP contribution < -0.4 is 20.1 Å². The summed E-state index contributed by atoms with van der Waals surface area (Å²) >= 11 is 12.3. The lowest BCUT2D eigenvalue weighted by Gasteiger charge is -2.28. The van der Waals surface area contributed by atoms with E-state index in [1.54, 1.807) is 0 Å². The van der Waals surface area contributed by atoms with Crippen LogP contribution in [-0.2, 0) is 27.5 Å². The Morgan fingerprint density at radius 1 is 1.02 bits per heavy atom. The van der Waals surface area contributed by atoms with Crippen LogP contribution in [0.15, 0.2) is 65.6 Å². The molecule has 0 aliphatic carbocycles. The first kappa shape index (κ1) is 33.1. The number of alkyl halides is 3. The molecule has 1 aliphatic rings. The standard InChI is InChI=1S/C30H32Cl2F3N3O4S/c1-29(2,3)36-17-18-7-8-24-25(9-10-42-27(24)11-18)37-28(39)16-26(19-12-21(31)15-22(32)13-19)38-43(40,41)23-6-4-5-20(14-23)30(33,34)35/h4-8,11-15,25-26,36,38H,9-10,16-17H2,1-3H3,(H,37,39)/t25-,26?/m1/s1. The second-order valence-corrected chi connectivity index (χ2v) is 13.9. The van der Waals surface area contributed by atoms with Crippen LogP contribution in [0.1, 0.15) is 68.0 Å². The van der Waals surface area contributed by atoms with Gasteiger partial charge in [0.1, 0.15) is 5.75 Å². The van der Waals surface area contributed by atoms with E-state index in [0.29, 0.717) is 31.4 Å². The summed E-state index contributed by atoms with van der Waals surface area (Å²) in [5, 5.41) is 6.76. The second-order valence-electron chi connectivity index (χ2n) is 11.3. The topological polar surface area (TPSA) is 96.5 Å². The number of nitrogens with one attached hydrogen (secondary N) is 3. The molecule has 0 aromatic heterocycles. The van der Waals surface area contributed by atoms with Crippen molar-refractivity contribution in [2.75, 3.05) is 6.61 Å². The maximum absolute atomic E-state index is 13.4. The average Bonchev–Trinajstić information content (AvgIpc) is 2.90. The fourth-order valence-electron chi connectivity index (χ4n) is 4.60. The van der Waals surface area contributed by atoms with E-state index in [4.69, 9.17) is 27.9 Å². The largest absolute Gasteiger partial charge is 0.493 e. The van der Waals surface area contributed by atoms with E-state index in [1.807, 2.05) is 18.2 Å². The quantitative estimate of drug-likeness (QED) is 0.231. The fourth-order valence-corrected chi connectivity index (χ4v) is 6.41. The van der Waals surface area contributed by atoms with Crippen LogP contribution in [0.25, 0.3) is 0 Å². The van der Waals surface area contributed by atoms with E-state index < -0.39 is 44.6 Å². The molecule has 0 radical (unpaired) electrons. The molecule has 0 fully saturated rings. The van der Waals surface area contributed by atoms with Crippen molar-refractivity contribution >= 4 is 39.1 Å². The van der Waals surface area contributed by atoms with Crippen LogP contribution >= 0.6 is 23.2 Å². The molecule has 43 heavy (non-hydrogen) atoms. The molecular weight excluding hydrogens is 626 g/mol. The van der Waals surface area contributed by atoms with Gasteiger partial charge in [-0.3, -0.25) is 4.79 Å². The molecule has 1 aliphatic heterocycles. The summed E-state index contributed by atoms with van der Waals surface area (Å²) in [5.74, 6) is 0.150. The lowest BCUT2D eigenvalue weighted by atomic mass is 9.97. The van der Waals surface area contributed by atoms with Crippen molar-refractivity contribution in [3.05, 3.63) is 93.0 Å². The highest BCUT2D eigenvalue weighted by molar-refractivity contribution is 7.89. The number of halogens is 5. The van der Waals surface area contributed by atoms with Gasteiger partial charge in [-0.05, 0) is 74.4 Å². The van der Waals surface area contributed by atoms with Crippen LogP contribution in [0.2, 0.25) is 10.0 Å². The summed E-state index contributed by atoms with van der Waals surface area (Å²) in [4.78, 5) is 12.7. The lowest BCUT2D eigenvalue weighted by molar-refractivity contribution is -0.137. The molecule has 1 unspecified atom stereocenters. The first-order valence-corrected chi connectivity index (χ1v) is 15.7. The predicted octanol–water partition coefficient (Wildman–Crippen LogP) is 6.95. The summed E-state index contributed by atoms with van der Waals surface area (Å²) in [5.41, 5.74) is 0.880. The Hall–Kier alpha value is -2.83. The van der Waals surface area contributed by atoms with Gasteiger partial charge < -0.3 is 15.4 Å². The van der Waals surface area contributed by atoms with Gasteiger partial charge in [-0.15, -0.1) is 0 Å². The maximum Gasteiger partial charge on any atom is 0.416 e. The number of fused-ring (bicyclic) bond motifs is 1. The molecule has 1 amide bonds. The molecule has 0 bridgehead atoms. The summed E-state index contributed by atoms with van der Waals surface area (Å²) in [6.45, 7) is 7.20. The van der Waals surface area contributed by atoms with Crippen LogP contribution in [0, 0.1) is 0 Å². The highest BCUT2D eigenvalue weighted by Gasteiger charge is 2.33.